The second-order valence-corrected chi connectivity index (χ2v) is 5.19. The number of hydrogen-bond donors (Lipinski definition) is 3. The van der Waals surface area contributed by atoms with Crippen LogP contribution in [0.5, 0.6) is 0 Å². The van der Waals surface area contributed by atoms with Crippen LogP contribution in [0.3, 0.4) is 0 Å². The summed E-state index contributed by atoms with van der Waals surface area (Å²) in [6, 6.07) is 5.40. The van der Waals surface area contributed by atoms with Crippen molar-refractivity contribution < 1.29 is 9.53 Å². The van der Waals surface area contributed by atoms with Crippen LogP contribution in [0.2, 0.25) is 0 Å². The number of nitrogens with one attached hydrogen (secondary N) is 2. The SMILES string of the molecule is CCNc1ccc(NC(C)=O)cc1N.COCCC(C)C. The number of amides is 1. The summed E-state index contributed by atoms with van der Waals surface area (Å²) in [6.45, 7) is 9.58. The number of benzene rings is 1. The summed E-state index contributed by atoms with van der Waals surface area (Å²) in [6.07, 6.45) is 1.18. The Kier molecular flexibility index (Phi) is 10.1. The summed E-state index contributed by atoms with van der Waals surface area (Å²) in [5.41, 5.74) is 8.02. The van der Waals surface area contributed by atoms with Crippen LogP contribution in [-0.4, -0.2) is 26.2 Å². The number of carbonyl (C=O) groups excluding carboxylic acids is 1. The van der Waals surface area contributed by atoms with Gasteiger partial charge < -0.3 is 21.1 Å². The van der Waals surface area contributed by atoms with E-state index in [0.717, 1.165) is 30.4 Å². The molecule has 0 aliphatic heterocycles. The van der Waals surface area contributed by atoms with Gasteiger partial charge in [-0.2, -0.15) is 0 Å². The largest absolute Gasteiger partial charge is 0.397 e. The number of hydrogen-bond acceptors (Lipinski definition) is 4. The molecule has 4 N–H and O–H groups in total. The highest BCUT2D eigenvalue weighted by atomic mass is 16.5. The van der Waals surface area contributed by atoms with Gasteiger partial charge in [0.25, 0.3) is 0 Å². The summed E-state index contributed by atoms with van der Waals surface area (Å²) < 4.78 is 4.85. The third kappa shape index (κ3) is 9.73. The van der Waals surface area contributed by atoms with Gasteiger partial charge in [0.1, 0.15) is 0 Å². The Labute approximate surface area is 128 Å². The highest BCUT2D eigenvalue weighted by molar-refractivity contribution is 5.90. The Bertz CT molecular complexity index is 420. The van der Waals surface area contributed by atoms with E-state index in [0.29, 0.717) is 5.69 Å². The van der Waals surface area contributed by atoms with Crippen LogP contribution in [-0.2, 0) is 9.53 Å². The molecule has 1 amide bonds. The van der Waals surface area contributed by atoms with Gasteiger partial charge in [0, 0.05) is 32.9 Å². The molecule has 0 fully saturated rings. The zero-order chi connectivity index (χ0) is 16.3. The summed E-state index contributed by atoms with van der Waals surface area (Å²) in [5.74, 6) is 0.681. The lowest BCUT2D eigenvalue weighted by Gasteiger charge is -2.09. The molecule has 0 unspecified atom stereocenters. The van der Waals surface area contributed by atoms with Crippen LogP contribution in [0.25, 0.3) is 0 Å². The van der Waals surface area contributed by atoms with E-state index in [9.17, 15) is 4.79 Å². The molecular weight excluding hydrogens is 266 g/mol. The van der Waals surface area contributed by atoms with Gasteiger partial charge in [0.15, 0.2) is 0 Å². The Balaban J connectivity index is 0.000000486. The minimum absolute atomic E-state index is 0.0967. The molecule has 0 atom stereocenters. The Morgan fingerprint density at radius 2 is 2.05 bits per heavy atom. The minimum Gasteiger partial charge on any atom is -0.397 e. The second-order valence-electron chi connectivity index (χ2n) is 5.19. The molecule has 0 bridgehead atoms. The van der Waals surface area contributed by atoms with Crippen LogP contribution < -0.4 is 16.4 Å². The third-order valence-electron chi connectivity index (χ3n) is 2.64. The van der Waals surface area contributed by atoms with Crippen molar-refractivity contribution in [3.63, 3.8) is 0 Å². The molecule has 0 saturated heterocycles. The van der Waals surface area contributed by atoms with Crippen molar-refractivity contribution in [1.29, 1.82) is 0 Å². The fourth-order valence-corrected chi connectivity index (χ4v) is 1.55. The first kappa shape index (κ1) is 19.2. The number of rotatable bonds is 6. The van der Waals surface area contributed by atoms with E-state index in [-0.39, 0.29) is 5.91 Å². The van der Waals surface area contributed by atoms with Gasteiger partial charge in [-0.05, 0) is 37.5 Å². The van der Waals surface area contributed by atoms with Crippen molar-refractivity contribution in [3.8, 4) is 0 Å². The van der Waals surface area contributed by atoms with Crippen LogP contribution in [0, 0.1) is 5.92 Å². The summed E-state index contributed by atoms with van der Waals surface area (Å²) in [7, 11) is 1.74. The molecule has 120 valence electrons. The lowest BCUT2D eigenvalue weighted by molar-refractivity contribution is -0.114. The van der Waals surface area contributed by atoms with E-state index >= 15 is 0 Å². The molecule has 5 heteroatoms. The van der Waals surface area contributed by atoms with Gasteiger partial charge in [0.05, 0.1) is 11.4 Å². The van der Waals surface area contributed by atoms with E-state index in [1.807, 2.05) is 19.1 Å². The molecule has 0 aromatic heterocycles. The second kappa shape index (κ2) is 11.0. The molecule has 5 nitrogen and oxygen atoms in total. The van der Waals surface area contributed by atoms with Crippen LogP contribution >= 0.6 is 0 Å². The van der Waals surface area contributed by atoms with Gasteiger partial charge in [-0.3, -0.25) is 4.79 Å². The summed E-state index contributed by atoms with van der Waals surface area (Å²) in [4.78, 5) is 10.8. The Morgan fingerprint density at radius 1 is 1.38 bits per heavy atom. The van der Waals surface area contributed by atoms with E-state index in [1.165, 1.54) is 13.3 Å². The molecular formula is C16H29N3O2. The first-order valence-corrected chi connectivity index (χ1v) is 7.30. The molecule has 0 heterocycles. The van der Waals surface area contributed by atoms with E-state index in [1.54, 1.807) is 13.2 Å². The van der Waals surface area contributed by atoms with E-state index in [4.69, 9.17) is 10.5 Å². The van der Waals surface area contributed by atoms with Crippen LogP contribution in [0.4, 0.5) is 17.1 Å². The lowest BCUT2D eigenvalue weighted by Crippen LogP contribution is -2.07. The zero-order valence-electron chi connectivity index (χ0n) is 13.8. The normalized spacial score (nSPS) is 9.81. The maximum atomic E-state index is 10.8. The number of anilines is 3. The smallest absolute Gasteiger partial charge is 0.221 e. The first-order chi connectivity index (χ1) is 9.90. The molecule has 1 aromatic rings. The Hall–Kier alpha value is -1.75. The van der Waals surface area contributed by atoms with Crippen molar-refractivity contribution in [2.75, 3.05) is 36.6 Å². The van der Waals surface area contributed by atoms with Crippen molar-refractivity contribution in [1.82, 2.24) is 0 Å². The summed E-state index contributed by atoms with van der Waals surface area (Å²) in [5, 5.41) is 5.79. The van der Waals surface area contributed by atoms with Gasteiger partial charge in [-0.1, -0.05) is 13.8 Å². The van der Waals surface area contributed by atoms with Crippen molar-refractivity contribution >= 4 is 23.0 Å². The van der Waals surface area contributed by atoms with Crippen LogP contribution in [0.15, 0.2) is 18.2 Å². The average molecular weight is 295 g/mol. The standard InChI is InChI=1S/C10H15N3O.C6H14O/c1-3-12-10-5-4-8(6-9(10)11)13-7(2)14;1-6(2)4-5-7-3/h4-6,12H,3,11H2,1-2H3,(H,13,14);6H,4-5H2,1-3H3. The number of carbonyl (C=O) groups is 1. The molecule has 1 aromatic carbocycles. The van der Waals surface area contributed by atoms with E-state index in [2.05, 4.69) is 24.5 Å². The zero-order valence-corrected chi connectivity index (χ0v) is 13.8. The van der Waals surface area contributed by atoms with Crippen molar-refractivity contribution in [3.05, 3.63) is 18.2 Å². The third-order valence-corrected chi connectivity index (χ3v) is 2.64. The fraction of sp³-hybridized carbons (Fsp3) is 0.562. The average Bonchev–Trinajstić information content (AvgIpc) is 2.40. The number of nitrogens with two attached hydrogens (primary N) is 1. The molecule has 0 spiro atoms. The molecule has 0 saturated carbocycles. The number of nitrogen functional groups attached to an aromatic ring is 1. The number of ether oxygens (including phenoxy) is 1. The van der Waals surface area contributed by atoms with Gasteiger partial charge in [-0.15, -0.1) is 0 Å². The number of methoxy groups -OCH3 is 1. The van der Waals surface area contributed by atoms with Gasteiger partial charge >= 0.3 is 0 Å². The quantitative estimate of drug-likeness (QED) is 0.704. The fourth-order valence-electron chi connectivity index (χ4n) is 1.55. The molecule has 0 aliphatic carbocycles. The summed E-state index contributed by atoms with van der Waals surface area (Å²) >= 11 is 0. The van der Waals surface area contributed by atoms with Crippen molar-refractivity contribution in [2.45, 2.75) is 34.1 Å². The predicted octanol–water partition coefficient (Wildman–Crippen LogP) is 3.34. The monoisotopic (exact) mass is 295 g/mol. The first-order valence-electron chi connectivity index (χ1n) is 7.30. The highest BCUT2D eigenvalue weighted by Gasteiger charge is 2.00. The maximum Gasteiger partial charge on any atom is 0.221 e. The molecule has 21 heavy (non-hydrogen) atoms. The van der Waals surface area contributed by atoms with Crippen molar-refractivity contribution in [2.24, 2.45) is 5.92 Å². The van der Waals surface area contributed by atoms with Gasteiger partial charge in [-0.25, -0.2) is 0 Å². The minimum atomic E-state index is -0.0967. The molecule has 0 radical (unpaired) electrons. The predicted molar refractivity (Wildman–Crippen MR) is 90.7 cm³/mol. The van der Waals surface area contributed by atoms with Crippen LogP contribution in [0.1, 0.15) is 34.1 Å². The Morgan fingerprint density at radius 3 is 2.43 bits per heavy atom. The lowest BCUT2D eigenvalue weighted by atomic mass is 10.1. The molecule has 1 rings (SSSR count). The highest BCUT2D eigenvalue weighted by Crippen LogP contribution is 2.22. The maximum absolute atomic E-state index is 10.8. The molecule has 0 aliphatic rings. The van der Waals surface area contributed by atoms with Gasteiger partial charge in [0.2, 0.25) is 5.91 Å². The van der Waals surface area contributed by atoms with E-state index < -0.39 is 0 Å². The topological polar surface area (TPSA) is 76.4 Å².